The van der Waals surface area contributed by atoms with Crippen molar-refractivity contribution in [2.75, 3.05) is 18.6 Å². The van der Waals surface area contributed by atoms with Gasteiger partial charge in [0.1, 0.15) is 11.4 Å². The second-order valence-corrected chi connectivity index (χ2v) is 9.26. The Morgan fingerprint density at radius 1 is 1.27 bits per heavy atom. The van der Waals surface area contributed by atoms with E-state index in [1.54, 1.807) is 12.0 Å². The van der Waals surface area contributed by atoms with Crippen LogP contribution in [0, 0.1) is 17.8 Å². The number of hydrogen-bond acceptors (Lipinski definition) is 4. The second kappa shape index (κ2) is 8.06. The molecule has 1 spiro atoms. The summed E-state index contributed by atoms with van der Waals surface area (Å²) in [5.74, 6) is 0.343. The third kappa shape index (κ3) is 3.62. The minimum atomic E-state index is -0.704. The molecule has 2 fully saturated rings. The summed E-state index contributed by atoms with van der Waals surface area (Å²) in [5, 5.41) is 3.14. The van der Waals surface area contributed by atoms with Gasteiger partial charge in [0.05, 0.1) is 31.6 Å². The summed E-state index contributed by atoms with van der Waals surface area (Å²) in [6.45, 7) is 6.89. The van der Waals surface area contributed by atoms with Crippen LogP contribution in [0.1, 0.15) is 40.0 Å². The summed E-state index contributed by atoms with van der Waals surface area (Å²) in [7, 11) is 1.61. The largest absolute Gasteiger partial charge is 0.497 e. The van der Waals surface area contributed by atoms with Crippen LogP contribution < -0.4 is 15.0 Å². The van der Waals surface area contributed by atoms with Gasteiger partial charge in [0.25, 0.3) is 0 Å². The summed E-state index contributed by atoms with van der Waals surface area (Å²) in [4.78, 5) is 28.3. The van der Waals surface area contributed by atoms with Gasteiger partial charge in [0.15, 0.2) is 0 Å². The molecule has 4 rings (SSSR count). The van der Waals surface area contributed by atoms with Crippen molar-refractivity contribution in [3.63, 3.8) is 0 Å². The van der Waals surface area contributed by atoms with Gasteiger partial charge in [-0.1, -0.05) is 38.8 Å². The molecule has 3 heterocycles. The van der Waals surface area contributed by atoms with Gasteiger partial charge in [0.2, 0.25) is 11.8 Å². The molecule has 0 aromatic heterocycles. The molecule has 3 aliphatic heterocycles. The van der Waals surface area contributed by atoms with Crippen molar-refractivity contribution in [2.24, 2.45) is 17.8 Å². The number of amides is 2. The molecule has 0 radical (unpaired) electrons. The summed E-state index contributed by atoms with van der Waals surface area (Å²) in [6.07, 6.45) is 6.80. The van der Waals surface area contributed by atoms with Crippen LogP contribution in [0.4, 0.5) is 5.69 Å². The minimum Gasteiger partial charge on any atom is -0.497 e. The number of benzene rings is 1. The number of carbonyl (C=O) groups is 2. The van der Waals surface area contributed by atoms with Crippen molar-refractivity contribution in [3.05, 3.63) is 36.4 Å². The Bertz CT molecular complexity index is 834. The topological polar surface area (TPSA) is 67.9 Å². The molecule has 162 valence electrons. The molecule has 0 unspecified atom stereocenters. The highest BCUT2D eigenvalue weighted by Crippen LogP contribution is 2.52. The molecule has 3 aliphatic rings. The predicted molar refractivity (Wildman–Crippen MR) is 115 cm³/mol. The number of hydrogen-bond donors (Lipinski definition) is 1. The van der Waals surface area contributed by atoms with Crippen molar-refractivity contribution in [2.45, 2.75) is 57.8 Å². The quantitative estimate of drug-likeness (QED) is 0.665. The van der Waals surface area contributed by atoms with E-state index in [1.807, 2.05) is 43.3 Å². The summed E-state index contributed by atoms with van der Waals surface area (Å²) >= 11 is 0. The van der Waals surface area contributed by atoms with E-state index < -0.39 is 17.4 Å². The Balaban J connectivity index is 1.47. The fraction of sp³-hybridized carbons (Fsp3) is 0.583. The van der Waals surface area contributed by atoms with Crippen LogP contribution in [0.2, 0.25) is 0 Å². The number of carbonyl (C=O) groups excluding carboxylic acids is 2. The molecular formula is C24H32N2O4. The third-order valence-electron chi connectivity index (χ3n) is 6.59. The van der Waals surface area contributed by atoms with Gasteiger partial charge < -0.3 is 19.7 Å². The van der Waals surface area contributed by atoms with Crippen LogP contribution in [-0.4, -0.2) is 43.2 Å². The Kier molecular flexibility index (Phi) is 5.62. The van der Waals surface area contributed by atoms with Gasteiger partial charge in [-0.15, -0.1) is 0 Å². The molecular weight excluding hydrogens is 380 g/mol. The molecule has 1 N–H and O–H groups in total. The van der Waals surface area contributed by atoms with E-state index >= 15 is 0 Å². The van der Waals surface area contributed by atoms with Gasteiger partial charge in [-0.25, -0.2) is 0 Å². The lowest BCUT2D eigenvalue weighted by Crippen LogP contribution is -2.46. The first-order chi connectivity index (χ1) is 14.3. The smallest absolute Gasteiger partial charge is 0.234 e. The molecule has 1 aromatic carbocycles. The average Bonchev–Trinajstić information content (AvgIpc) is 3.36. The first-order valence-electron chi connectivity index (χ1n) is 11.0. The van der Waals surface area contributed by atoms with E-state index in [0.717, 1.165) is 30.7 Å². The molecule has 2 amide bonds. The van der Waals surface area contributed by atoms with E-state index in [2.05, 4.69) is 19.2 Å². The zero-order chi connectivity index (χ0) is 21.5. The maximum absolute atomic E-state index is 13.4. The maximum Gasteiger partial charge on any atom is 0.234 e. The van der Waals surface area contributed by atoms with Gasteiger partial charge in [-0.05, 0) is 43.5 Å². The van der Waals surface area contributed by atoms with Gasteiger partial charge in [-0.3, -0.25) is 9.59 Å². The lowest BCUT2D eigenvalue weighted by atomic mass is 9.76. The second-order valence-electron chi connectivity index (χ2n) is 9.26. The number of nitrogens with zero attached hydrogens (tertiary/aromatic N) is 1. The van der Waals surface area contributed by atoms with E-state index in [1.165, 1.54) is 0 Å². The molecule has 6 heteroatoms. The van der Waals surface area contributed by atoms with Crippen LogP contribution in [0.25, 0.3) is 0 Å². The molecule has 30 heavy (non-hydrogen) atoms. The number of fused-ring (bicyclic) bond motifs is 1. The van der Waals surface area contributed by atoms with E-state index in [4.69, 9.17) is 9.47 Å². The van der Waals surface area contributed by atoms with Crippen LogP contribution in [0.5, 0.6) is 5.75 Å². The van der Waals surface area contributed by atoms with Crippen molar-refractivity contribution in [1.29, 1.82) is 0 Å². The number of nitrogens with one attached hydrogen (secondary N) is 1. The van der Waals surface area contributed by atoms with Crippen LogP contribution in [-0.2, 0) is 14.3 Å². The van der Waals surface area contributed by atoms with Crippen LogP contribution in [0.3, 0.4) is 0 Å². The molecule has 2 bridgehead atoms. The standard InChI is InChI=1S/C24H32N2O4/c1-15(2)6-5-7-16(3)25-22(27)20-19-12-13-24(30-19)14-26(23(28)21(20)24)17-8-10-18(29-4)11-9-17/h8-13,15-16,19-21H,5-7,14H2,1-4H3,(H,25,27)/t16-,19+,20+,21-,24+/m1/s1. The SMILES string of the molecule is COc1ccc(N2C[C@]34C=C[C@H](O3)[C@H](C(=O)N[C@H](C)CCCC(C)C)[C@@H]4C2=O)cc1. The first-order valence-corrected chi connectivity index (χ1v) is 11.0. The first kappa shape index (κ1) is 20.9. The van der Waals surface area contributed by atoms with Gasteiger partial charge in [-0.2, -0.15) is 0 Å². The summed E-state index contributed by atoms with van der Waals surface area (Å²) in [5.41, 5.74) is 0.0936. The van der Waals surface area contributed by atoms with Crippen LogP contribution in [0.15, 0.2) is 36.4 Å². The zero-order valence-electron chi connectivity index (χ0n) is 18.3. The highest BCUT2D eigenvalue weighted by Gasteiger charge is 2.67. The number of rotatable bonds is 8. The van der Waals surface area contributed by atoms with Crippen molar-refractivity contribution in [1.82, 2.24) is 5.32 Å². The number of anilines is 1. The number of methoxy groups -OCH3 is 1. The molecule has 0 saturated carbocycles. The highest BCUT2D eigenvalue weighted by atomic mass is 16.5. The molecule has 1 aromatic rings. The molecule has 5 atom stereocenters. The van der Waals surface area contributed by atoms with Gasteiger partial charge in [0, 0.05) is 11.7 Å². The molecule has 0 aliphatic carbocycles. The lowest BCUT2D eigenvalue weighted by Gasteiger charge is -2.25. The van der Waals surface area contributed by atoms with Crippen LogP contribution >= 0.6 is 0 Å². The minimum absolute atomic E-state index is 0.0420. The Labute approximate surface area is 178 Å². The van der Waals surface area contributed by atoms with Crippen molar-refractivity contribution >= 4 is 17.5 Å². The maximum atomic E-state index is 13.4. The Morgan fingerprint density at radius 2 is 2.00 bits per heavy atom. The predicted octanol–water partition coefficient (Wildman–Crippen LogP) is 3.31. The van der Waals surface area contributed by atoms with E-state index in [9.17, 15) is 9.59 Å². The highest BCUT2D eigenvalue weighted by molar-refractivity contribution is 6.03. The van der Waals surface area contributed by atoms with Gasteiger partial charge >= 0.3 is 0 Å². The van der Waals surface area contributed by atoms with Crippen molar-refractivity contribution < 1.29 is 19.1 Å². The lowest BCUT2D eigenvalue weighted by molar-refractivity contribution is -0.132. The van der Waals surface area contributed by atoms with Crippen molar-refractivity contribution in [3.8, 4) is 5.75 Å². The number of ether oxygens (including phenoxy) is 2. The summed E-state index contributed by atoms with van der Waals surface area (Å²) < 4.78 is 11.4. The Hall–Kier alpha value is -2.34. The fourth-order valence-electron chi connectivity index (χ4n) is 5.02. The summed E-state index contributed by atoms with van der Waals surface area (Å²) in [6, 6.07) is 7.51. The monoisotopic (exact) mass is 412 g/mol. The third-order valence-corrected chi connectivity index (χ3v) is 6.59. The zero-order valence-corrected chi connectivity index (χ0v) is 18.3. The van der Waals surface area contributed by atoms with E-state index in [0.29, 0.717) is 12.5 Å². The molecule has 6 nitrogen and oxygen atoms in total. The van der Waals surface area contributed by atoms with E-state index in [-0.39, 0.29) is 24.0 Å². The fourth-order valence-corrected chi connectivity index (χ4v) is 5.02. The Morgan fingerprint density at radius 3 is 2.67 bits per heavy atom. The molecule has 2 saturated heterocycles. The average molecular weight is 413 g/mol. The normalized spacial score (nSPS) is 30.1.